The van der Waals surface area contributed by atoms with Crippen LogP contribution in [0.1, 0.15) is 24.8 Å². The maximum absolute atomic E-state index is 10.1. The van der Waals surface area contributed by atoms with Gasteiger partial charge in [0.2, 0.25) is 0 Å². The van der Waals surface area contributed by atoms with Crippen LogP contribution in [-0.2, 0) is 4.74 Å². The van der Waals surface area contributed by atoms with E-state index in [4.69, 9.17) is 9.84 Å². The summed E-state index contributed by atoms with van der Waals surface area (Å²) in [6.45, 7) is 1.91. The van der Waals surface area contributed by atoms with Crippen LogP contribution in [0.15, 0.2) is 30.3 Å². The van der Waals surface area contributed by atoms with E-state index in [-0.39, 0.29) is 18.6 Å². The van der Waals surface area contributed by atoms with E-state index >= 15 is 0 Å². The van der Waals surface area contributed by atoms with Crippen LogP contribution < -0.4 is 0 Å². The van der Waals surface area contributed by atoms with Crippen LogP contribution in [0.25, 0.3) is 0 Å². The molecule has 0 saturated carbocycles. The van der Waals surface area contributed by atoms with Gasteiger partial charge in [0.1, 0.15) is 6.10 Å². The summed E-state index contributed by atoms with van der Waals surface area (Å²) >= 11 is 0. The Morgan fingerprint density at radius 3 is 2.44 bits per heavy atom. The number of aliphatic hydroxyl groups excluding tert-OH is 2. The zero-order chi connectivity index (χ0) is 11.5. The van der Waals surface area contributed by atoms with Crippen molar-refractivity contribution in [3.63, 3.8) is 0 Å². The Bertz CT molecular complexity index is 323. The molecule has 1 heterocycles. The first-order valence-electron chi connectivity index (χ1n) is 5.77. The van der Waals surface area contributed by atoms with Gasteiger partial charge < -0.3 is 14.9 Å². The van der Waals surface area contributed by atoms with Crippen LogP contribution in [0.2, 0.25) is 0 Å². The minimum atomic E-state index is -0.614. The monoisotopic (exact) mass is 222 g/mol. The quantitative estimate of drug-likeness (QED) is 0.810. The molecule has 4 atom stereocenters. The summed E-state index contributed by atoms with van der Waals surface area (Å²) in [6, 6.07) is 9.87. The van der Waals surface area contributed by atoms with Gasteiger partial charge in [-0.25, -0.2) is 0 Å². The zero-order valence-corrected chi connectivity index (χ0v) is 9.41. The molecule has 0 bridgehead atoms. The molecule has 16 heavy (non-hydrogen) atoms. The lowest BCUT2D eigenvalue weighted by Crippen LogP contribution is -2.28. The third kappa shape index (κ3) is 1.98. The summed E-state index contributed by atoms with van der Waals surface area (Å²) in [7, 11) is 0. The van der Waals surface area contributed by atoms with Crippen molar-refractivity contribution in [1.82, 2.24) is 0 Å². The standard InChI is InChI=1S/C13H18O3/c1-2-10-12(9-6-4-3-5-7-9)13(15)11(8-14)16-10/h3-7,10-15H,2,8H2,1H3/t10?,11-,12?,13?/m1/s1. The van der Waals surface area contributed by atoms with Crippen molar-refractivity contribution in [1.29, 1.82) is 0 Å². The second-order valence-corrected chi connectivity index (χ2v) is 4.23. The Morgan fingerprint density at radius 2 is 1.88 bits per heavy atom. The number of hydrogen-bond acceptors (Lipinski definition) is 3. The van der Waals surface area contributed by atoms with Gasteiger partial charge in [0.15, 0.2) is 0 Å². The topological polar surface area (TPSA) is 49.7 Å². The largest absolute Gasteiger partial charge is 0.394 e. The maximum Gasteiger partial charge on any atom is 0.107 e. The van der Waals surface area contributed by atoms with E-state index in [0.29, 0.717) is 0 Å². The van der Waals surface area contributed by atoms with Gasteiger partial charge in [0.25, 0.3) is 0 Å². The van der Waals surface area contributed by atoms with E-state index in [1.54, 1.807) is 0 Å². The van der Waals surface area contributed by atoms with Gasteiger partial charge in [0, 0.05) is 5.92 Å². The minimum absolute atomic E-state index is 0.00505. The minimum Gasteiger partial charge on any atom is -0.394 e. The number of hydrogen-bond donors (Lipinski definition) is 2. The predicted octanol–water partition coefficient (Wildman–Crippen LogP) is 1.30. The molecule has 1 aromatic carbocycles. The third-order valence-corrected chi connectivity index (χ3v) is 3.27. The van der Waals surface area contributed by atoms with Gasteiger partial charge >= 0.3 is 0 Å². The highest BCUT2D eigenvalue weighted by Crippen LogP contribution is 2.36. The lowest BCUT2D eigenvalue weighted by atomic mass is 9.88. The van der Waals surface area contributed by atoms with Crippen LogP contribution in [0.3, 0.4) is 0 Å². The number of rotatable bonds is 3. The van der Waals surface area contributed by atoms with E-state index in [9.17, 15) is 5.11 Å². The molecule has 3 nitrogen and oxygen atoms in total. The molecule has 0 spiro atoms. The van der Waals surface area contributed by atoms with E-state index in [2.05, 4.69) is 0 Å². The zero-order valence-electron chi connectivity index (χ0n) is 9.41. The Hall–Kier alpha value is -0.900. The first-order valence-corrected chi connectivity index (χ1v) is 5.77. The summed E-state index contributed by atoms with van der Waals surface area (Å²) in [5.41, 5.74) is 1.08. The molecule has 1 fully saturated rings. The van der Waals surface area contributed by atoms with Crippen molar-refractivity contribution < 1.29 is 14.9 Å². The molecule has 0 aliphatic carbocycles. The summed E-state index contributed by atoms with van der Waals surface area (Å²) in [4.78, 5) is 0. The molecule has 3 heteroatoms. The first kappa shape index (κ1) is 11.6. The molecule has 88 valence electrons. The fourth-order valence-corrected chi connectivity index (χ4v) is 2.43. The second-order valence-electron chi connectivity index (χ2n) is 4.23. The van der Waals surface area contributed by atoms with E-state index in [1.165, 1.54) is 0 Å². The Balaban J connectivity index is 2.25. The van der Waals surface area contributed by atoms with Crippen molar-refractivity contribution in [3.8, 4) is 0 Å². The first-order chi connectivity index (χ1) is 7.77. The Morgan fingerprint density at radius 1 is 1.19 bits per heavy atom. The fourth-order valence-electron chi connectivity index (χ4n) is 2.43. The molecule has 0 amide bonds. The Labute approximate surface area is 95.7 Å². The van der Waals surface area contributed by atoms with Crippen molar-refractivity contribution in [3.05, 3.63) is 35.9 Å². The molecule has 1 aromatic rings. The second kappa shape index (κ2) is 4.95. The lowest BCUT2D eigenvalue weighted by molar-refractivity contribution is -0.0224. The van der Waals surface area contributed by atoms with Gasteiger partial charge in [-0.3, -0.25) is 0 Å². The van der Waals surface area contributed by atoms with Crippen LogP contribution >= 0.6 is 0 Å². The van der Waals surface area contributed by atoms with E-state index in [0.717, 1.165) is 12.0 Å². The van der Waals surface area contributed by atoms with Crippen molar-refractivity contribution in [2.75, 3.05) is 6.61 Å². The smallest absolute Gasteiger partial charge is 0.107 e. The molecule has 1 aliphatic rings. The Kier molecular flexibility index (Phi) is 3.59. The van der Waals surface area contributed by atoms with Gasteiger partial charge in [-0.2, -0.15) is 0 Å². The average Bonchev–Trinajstić information content (AvgIpc) is 2.66. The molecule has 1 saturated heterocycles. The van der Waals surface area contributed by atoms with Crippen molar-refractivity contribution >= 4 is 0 Å². The van der Waals surface area contributed by atoms with Crippen molar-refractivity contribution in [2.45, 2.75) is 37.6 Å². The summed E-state index contributed by atoms with van der Waals surface area (Å²) in [5, 5.41) is 19.2. The SMILES string of the molecule is CCC1O[C@H](CO)C(O)C1c1ccccc1. The lowest BCUT2D eigenvalue weighted by Gasteiger charge is -2.19. The van der Waals surface area contributed by atoms with Crippen LogP contribution in [0.5, 0.6) is 0 Å². The van der Waals surface area contributed by atoms with Gasteiger partial charge in [-0.05, 0) is 12.0 Å². The fraction of sp³-hybridized carbons (Fsp3) is 0.538. The van der Waals surface area contributed by atoms with Crippen molar-refractivity contribution in [2.24, 2.45) is 0 Å². The summed E-state index contributed by atoms with van der Waals surface area (Å²) < 4.78 is 5.64. The average molecular weight is 222 g/mol. The van der Waals surface area contributed by atoms with E-state index in [1.807, 2.05) is 37.3 Å². The maximum atomic E-state index is 10.1. The summed E-state index contributed by atoms with van der Waals surface area (Å²) in [5.74, 6) is -0.0247. The van der Waals surface area contributed by atoms with Crippen LogP contribution in [0.4, 0.5) is 0 Å². The molecule has 0 radical (unpaired) electrons. The third-order valence-electron chi connectivity index (χ3n) is 3.27. The molecule has 2 rings (SSSR count). The molecule has 2 N–H and O–H groups in total. The summed E-state index contributed by atoms with van der Waals surface area (Å²) in [6.07, 6.45) is -0.227. The number of benzene rings is 1. The number of ether oxygens (including phenoxy) is 1. The molecule has 0 aromatic heterocycles. The highest BCUT2D eigenvalue weighted by Gasteiger charge is 2.42. The van der Waals surface area contributed by atoms with Gasteiger partial charge in [-0.15, -0.1) is 0 Å². The van der Waals surface area contributed by atoms with Crippen LogP contribution in [0, 0.1) is 0 Å². The molecule has 1 aliphatic heterocycles. The predicted molar refractivity (Wildman–Crippen MR) is 61.2 cm³/mol. The van der Waals surface area contributed by atoms with E-state index < -0.39 is 12.2 Å². The molecular weight excluding hydrogens is 204 g/mol. The molecular formula is C13H18O3. The highest BCUT2D eigenvalue weighted by atomic mass is 16.5. The van der Waals surface area contributed by atoms with Gasteiger partial charge in [-0.1, -0.05) is 37.3 Å². The highest BCUT2D eigenvalue weighted by molar-refractivity contribution is 5.24. The van der Waals surface area contributed by atoms with Gasteiger partial charge in [0.05, 0.1) is 18.8 Å². The van der Waals surface area contributed by atoms with Crippen LogP contribution in [-0.4, -0.2) is 35.1 Å². The molecule has 3 unspecified atom stereocenters. The number of aliphatic hydroxyl groups is 2. The normalized spacial score (nSPS) is 34.2.